The molecule has 0 bridgehead atoms. The SMILES string of the molecule is Cc1cc(C#N)ccc1-c1nc([C@@H]2CCCC[C@H]2C(=O)NC2(C#N)CC2)c(-c2ccc(N3CCS(=O)(=O)CC3)cc2)s1. The Morgan fingerprint density at radius 2 is 1.79 bits per heavy atom. The van der Waals surface area contributed by atoms with E-state index in [1.54, 1.807) is 11.3 Å². The highest BCUT2D eigenvalue weighted by Gasteiger charge is 2.47. The number of aryl methyl sites for hydroxylation is 1. The Morgan fingerprint density at radius 3 is 2.43 bits per heavy atom. The minimum absolute atomic E-state index is 0.0517. The molecule has 2 aromatic carbocycles. The van der Waals surface area contributed by atoms with Crippen LogP contribution in [0.3, 0.4) is 0 Å². The summed E-state index contributed by atoms with van der Waals surface area (Å²) in [4.78, 5) is 21.9. The lowest BCUT2D eigenvalue weighted by Gasteiger charge is -2.31. The summed E-state index contributed by atoms with van der Waals surface area (Å²) >= 11 is 1.60. The van der Waals surface area contributed by atoms with Crippen molar-refractivity contribution < 1.29 is 13.2 Å². The van der Waals surface area contributed by atoms with Gasteiger partial charge in [0.15, 0.2) is 9.84 Å². The van der Waals surface area contributed by atoms with E-state index in [9.17, 15) is 23.7 Å². The Balaban J connectivity index is 1.37. The summed E-state index contributed by atoms with van der Waals surface area (Å²) in [6.07, 6.45) is 4.99. The number of nitrogens with zero attached hydrogens (tertiary/aromatic N) is 4. The topological polar surface area (TPSA) is 127 Å². The lowest BCUT2D eigenvalue weighted by atomic mass is 9.76. The molecule has 2 atom stereocenters. The van der Waals surface area contributed by atoms with E-state index in [2.05, 4.69) is 34.5 Å². The maximum absolute atomic E-state index is 13.5. The summed E-state index contributed by atoms with van der Waals surface area (Å²) in [5, 5.41) is 22.9. The molecular weight excluding hydrogens is 567 g/mol. The summed E-state index contributed by atoms with van der Waals surface area (Å²) in [5.74, 6) is -0.0450. The van der Waals surface area contributed by atoms with Crippen LogP contribution in [0.1, 0.15) is 61.3 Å². The van der Waals surface area contributed by atoms with E-state index in [-0.39, 0.29) is 29.2 Å². The van der Waals surface area contributed by atoms with Crippen molar-refractivity contribution in [1.29, 1.82) is 10.5 Å². The zero-order valence-electron chi connectivity index (χ0n) is 23.6. The van der Waals surface area contributed by atoms with Crippen LogP contribution in [-0.2, 0) is 14.6 Å². The monoisotopic (exact) mass is 599 g/mol. The van der Waals surface area contributed by atoms with Gasteiger partial charge in [-0.3, -0.25) is 4.79 Å². The number of hydrogen-bond donors (Lipinski definition) is 1. The molecule has 2 heterocycles. The molecule has 1 aromatic heterocycles. The zero-order valence-corrected chi connectivity index (χ0v) is 25.2. The largest absolute Gasteiger partial charge is 0.369 e. The molecule has 8 nitrogen and oxygen atoms in total. The van der Waals surface area contributed by atoms with Gasteiger partial charge in [-0.1, -0.05) is 31.0 Å². The van der Waals surface area contributed by atoms with Gasteiger partial charge in [0.2, 0.25) is 5.91 Å². The number of thiazole rings is 1. The number of sulfone groups is 1. The number of rotatable bonds is 6. The number of anilines is 1. The van der Waals surface area contributed by atoms with Gasteiger partial charge in [-0.05, 0) is 68.0 Å². The van der Waals surface area contributed by atoms with E-state index < -0.39 is 15.4 Å². The molecular formula is C32H33N5O3S2. The number of aromatic nitrogens is 1. The van der Waals surface area contributed by atoms with Crippen LogP contribution in [-0.4, -0.2) is 49.4 Å². The Bertz CT molecular complexity index is 1700. The van der Waals surface area contributed by atoms with Crippen LogP contribution in [0, 0.1) is 35.5 Å². The van der Waals surface area contributed by atoms with Gasteiger partial charge in [0, 0.05) is 36.2 Å². The number of carbonyl (C=O) groups is 1. The second kappa shape index (κ2) is 11.2. The molecule has 42 heavy (non-hydrogen) atoms. The third-order valence-corrected chi connectivity index (χ3v) is 11.6. The van der Waals surface area contributed by atoms with Crippen LogP contribution in [0.2, 0.25) is 0 Å². The normalized spacial score (nSPS) is 22.5. The predicted molar refractivity (Wildman–Crippen MR) is 164 cm³/mol. The van der Waals surface area contributed by atoms with E-state index in [1.165, 1.54) is 0 Å². The summed E-state index contributed by atoms with van der Waals surface area (Å²) in [6, 6.07) is 18.3. The highest BCUT2D eigenvalue weighted by molar-refractivity contribution is 7.91. The van der Waals surface area contributed by atoms with E-state index in [0.29, 0.717) is 31.5 Å². The smallest absolute Gasteiger partial charge is 0.225 e. The van der Waals surface area contributed by atoms with E-state index in [4.69, 9.17) is 4.98 Å². The molecule has 2 saturated carbocycles. The van der Waals surface area contributed by atoms with Gasteiger partial charge < -0.3 is 10.2 Å². The first-order chi connectivity index (χ1) is 20.2. The van der Waals surface area contributed by atoms with Gasteiger partial charge in [-0.25, -0.2) is 13.4 Å². The summed E-state index contributed by atoms with van der Waals surface area (Å²) in [7, 11) is -2.96. The quantitative estimate of drug-likeness (QED) is 0.405. The minimum atomic E-state index is -2.96. The fourth-order valence-electron chi connectivity index (χ4n) is 6.16. The van der Waals surface area contributed by atoms with E-state index >= 15 is 0 Å². The van der Waals surface area contributed by atoms with Gasteiger partial charge in [0.1, 0.15) is 10.5 Å². The number of benzene rings is 2. The van der Waals surface area contributed by atoms with Gasteiger partial charge >= 0.3 is 0 Å². The summed E-state index contributed by atoms with van der Waals surface area (Å²) in [5.41, 5.74) is 4.74. The van der Waals surface area contributed by atoms with Gasteiger partial charge in [0.05, 0.1) is 39.8 Å². The molecule has 1 aliphatic heterocycles. The summed E-state index contributed by atoms with van der Waals surface area (Å²) in [6.45, 7) is 2.95. The van der Waals surface area contributed by atoms with Crippen LogP contribution < -0.4 is 10.2 Å². The Hall–Kier alpha value is -3.73. The van der Waals surface area contributed by atoms with E-state index in [0.717, 1.165) is 63.6 Å². The van der Waals surface area contributed by atoms with Crippen molar-refractivity contribution in [3.63, 3.8) is 0 Å². The first-order valence-corrected chi connectivity index (χ1v) is 17.2. The molecule has 0 unspecified atom stereocenters. The van der Waals surface area contributed by atoms with Crippen molar-refractivity contribution in [2.24, 2.45) is 5.92 Å². The molecule has 1 saturated heterocycles. The second-order valence-corrected chi connectivity index (χ2v) is 15.0. The average Bonchev–Trinajstić information content (AvgIpc) is 3.64. The van der Waals surface area contributed by atoms with Crippen LogP contribution >= 0.6 is 11.3 Å². The number of amides is 1. The molecule has 3 aliphatic rings. The van der Waals surface area contributed by atoms with Gasteiger partial charge in [0.25, 0.3) is 0 Å². The molecule has 0 spiro atoms. The fraction of sp³-hybridized carbons (Fsp3) is 0.438. The second-order valence-electron chi connectivity index (χ2n) is 11.7. The fourth-order valence-corrected chi connectivity index (χ4v) is 8.60. The van der Waals surface area contributed by atoms with Crippen molar-refractivity contribution >= 4 is 32.8 Å². The predicted octanol–water partition coefficient (Wildman–Crippen LogP) is 5.34. The third-order valence-electron chi connectivity index (χ3n) is 8.86. The Kier molecular flexibility index (Phi) is 7.55. The van der Waals surface area contributed by atoms with Crippen molar-refractivity contribution in [3.8, 4) is 33.2 Å². The van der Waals surface area contributed by atoms with Gasteiger partial charge in [-0.2, -0.15) is 10.5 Å². The first-order valence-electron chi connectivity index (χ1n) is 14.5. The van der Waals surface area contributed by atoms with Crippen LogP contribution in [0.4, 0.5) is 5.69 Å². The molecule has 2 aliphatic carbocycles. The van der Waals surface area contributed by atoms with Crippen LogP contribution in [0.15, 0.2) is 42.5 Å². The van der Waals surface area contributed by atoms with E-state index in [1.807, 2.05) is 37.3 Å². The number of hydrogen-bond acceptors (Lipinski definition) is 8. The Morgan fingerprint density at radius 1 is 1.07 bits per heavy atom. The molecule has 216 valence electrons. The molecule has 3 aromatic rings. The third kappa shape index (κ3) is 5.66. The molecule has 6 rings (SSSR count). The molecule has 3 fully saturated rings. The van der Waals surface area contributed by atoms with Crippen LogP contribution in [0.25, 0.3) is 21.0 Å². The van der Waals surface area contributed by atoms with Crippen LogP contribution in [0.5, 0.6) is 0 Å². The Labute approximate surface area is 250 Å². The standard InChI is InChI=1S/C32H33N5O3S2/c1-21-18-22(19-33)6-11-25(21)31-35-28(26-4-2-3-5-27(26)30(38)36-32(20-34)12-13-32)29(41-31)23-7-9-24(10-8-23)37-14-16-42(39,40)17-15-37/h6-11,18,26-27H,2-5,12-17H2,1H3,(H,36,38)/t26-,27-/m1/s1. The average molecular weight is 600 g/mol. The highest BCUT2D eigenvalue weighted by Crippen LogP contribution is 2.47. The minimum Gasteiger partial charge on any atom is -0.369 e. The molecule has 0 radical (unpaired) electrons. The number of nitrogens with one attached hydrogen (secondary N) is 1. The number of carbonyl (C=O) groups excluding carboxylic acids is 1. The molecule has 10 heteroatoms. The molecule has 1 amide bonds. The number of nitriles is 2. The van der Waals surface area contributed by atoms with Crippen molar-refractivity contribution in [3.05, 3.63) is 59.3 Å². The first kappa shape index (κ1) is 28.4. The van der Waals surface area contributed by atoms with Crippen molar-refractivity contribution in [1.82, 2.24) is 10.3 Å². The lowest BCUT2D eigenvalue weighted by Crippen LogP contribution is -2.42. The zero-order chi connectivity index (χ0) is 29.5. The maximum Gasteiger partial charge on any atom is 0.225 e. The summed E-state index contributed by atoms with van der Waals surface area (Å²) < 4.78 is 23.8. The van der Waals surface area contributed by atoms with Crippen molar-refractivity contribution in [2.45, 2.75) is 56.9 Å². The van der Waals surface area contributed by atoms with Gasteiger partial charge in [-0.15, -0.1) is 11.3 Å². The maximum atomic E-state index is 13.5. The lowest BCUT2D eigenvalue weighted by molar-refractivity contribution is -0.127. The molecule has 1 N–H and O–H groups in total. The van der Waals surface area contributed by atoms with Crippen molar-refractivity contribution in [2.75, 3.05) is 29.5 Å². The highest BCUT2D eigenvalue weighted by atomic mass is 32.2.